The smallest absolute Gasteiger partial charge is 0.254 e. The van der Waals surface area contributed by atoms with E-state index >= 15 is 0 Å². The summed E-state index contributed by atoms with van der Waals surface area (Å²) in [7, 11) is 1.61. The number of benzene rings is 2. The van der Waals surface area contributed by atoms with E-state index in [1.165, 1.54) is 0 Å². The molecule has 4 aromatic rings. The van der Waals surface area contributed by atoms with Crippen LogP contribution in [0, 0.1) is 11.6 Å². The van der Waals surface area contributed by atoms with Gasteiger partial charge < -0.3 is 14.2 Å². The molecule has 1 saturated heterocycles. The van der Waals surface area contributed by atoms with Gasteiger partial charge in [0.25, 0.3) is 5.91 Å². The zero-order valence-electron chi connectivity index (χ0n) is 17.3. The molecular formula is C24H20F2N4O2. The Bertz CT molecular complexity index is 1280. The van der Waals surface area contributed by atoms with E-state index in [0.717, 1.165) is 46.5 Å². The first kappa shape index (κ1) is 20.1. The van der Waals surface area contributed by atoms with E-state index in [4.69, 9.17) is 9.72 Å². The Kier molecular flexibility index (Phi) is 5.05. The summed E-state index contributed by atoms with van der Waals surface area (Å²) in [5, 5.41) is 0. The first-order chi connectivity index (χ1) is 15.5. The number of halogens is 2. The number of nitrogens with zero attached hydrogens (tertiary/aromatic N) is 4. The van der Waals surface area contributed by atoms with Crippen LogP contribution in [0.15, 0.2) is 60.8 Å². The number of likely N-dealkylation sites (tertiary alicyclic amines) is 1. The maximum Gasteiger partial charge on any atom is 0.254 e. The molecular weight excluding hydrogens is 414 g/mol. The number of aromatic nitrogens is 3. The van der Waals surface area contributed by atoms with E-state index in [2.05, 4.69) is 9.55 Å². The van der Waals surface area contributed by atoms with Gasteiger partial charge >= 0.3 is 0 Å². The number of methoxy groups -OCH3 is 1. The van der Waals surface area contributed by atoms with Gasteiger partial charge in [-0.05, 0) is 55.0 Å². The van der Waals surface area contributed by atoms with Crippen LogP contribution in [0.3, 0.4) is 0 Å². The summed E-state index contributed by atoms with van der Waals surface area (Å²) in [4.78, 5) is 23.8. The van der Waals surface area contributed by atoms with Crippen LogP contribution in [0.1, 0.15) is 22.8 Å². The van der Waals surface area contributed by atoms with Gasteiger partial charge in [-0.2, -0.15) is 0 Å². The number of fused-ring (bicyclic) bond motifs is 1. The number of amides is 1. The Morgan fingerprint density at radius 2 is 1.84 bits per heavy atom. The number of carbonyl (C=O) groups excluding carboxylic acids is 1. The first-order valence-electron chi connectivity index (χ1n) is 10.3. The van der Waals surface area contributed by atoms with Crippen LogP contribution in [0.2, 0.25) is 0 Å². The molecule has 2 aromatic heterocycles. The SMILES string of the molecule is COc1ccc(-c2nc3cccnc3n2[C@@H]2CCN(C(=O)c3cc(F)cc(F)c3)C2)cc1. The molecule has 5 rings (SSSR count). The summed E-state index contributed by atoms with van der Waals surface area (Å²) in [6.07, 6.45) is 2.39. The third-order valence-corrected chi connectivity index (χ3v) is 5.72. The van der Waals surface area contributed by atoms with Crippen molar-refractivity contribution in [1.29, 1.82) is 0 Å². The van der Waals surface area contributed by atoms with Gasteiger partial charge in [0.2, 0.25) is 0 Å². The maximum absolute atomic E-state index is 13.6. The third kappa shape index (κ3) is 3.57. The fraction of sp³-hybridized carbons (Fsp3) is 0.208. The highest BCUT2D eigenvalue weighted by atomic mass is 19.1. The maximum atomic E-state index is 13.6. The second kappa shape index (κ2) is 8.03. The van der Waals surface area contributed by atoms with Crippen LogP contribution in [0.5, 0.6) is 5.75 Å². The molecule has 8 heteroatoms. The molecule has 0 N–H and O–H groups in total. The van der Waals surface area contributed by atoms with Crippen LogP contribution >= 0.6 is 0 Å². The highest BCUT2D eigenvalue weighted by Crippen LogP contribution is 2.33. The largest absolute Gasteiger partial charge is 0.497 e. The lowest BCUT2D eigenvalue weighted by Crippen LogP contribution is -2.29. The predicted octanol–water partition coefficient (Wildman–Crippen LogP) is 4.47. The number of pyridine rings is 1. The van der Waals surface area contributed by atoms with Crippen LogP contribution < -0.4 is 4.74 Å². The highest BCUT2D eigenvalue weighted by Gasteiger charge is 2.31. The van der Waals surface area contributed by atoms with Crippen LogP contribution in [-0.2, 0) is 0 Å². The minimum absolute atomic E-state index is 0.00661. The minimum atomic E-state index is -0.768. The zero-order valence-corrected chi connectivity index (χ0v) is 17.3. The van der Waals surface area contributed by atoms with Gasteiger partial charge in [0.05, 0.1) is 13.2 Å². The van der Waals surface area contributed by atoms with Crippen molar-refractivity contribution in [2.24, 2.45) is 0 Å². The molecule has 0 radical (unpaired) electrons. The van der Waals surface area contributed by atoms with Crippen molar-refractivity contribution in [1.82, 2.24) is 19.4 Å². The summed E-state index contributed by atoms with van der Waals surface area (Å²) in [6.45, 7) is 0.859. The van der Waals surface area contributed by atoms with Crippen LogP contribution in [0.4, 0.5) is 8.78 Å². The molecule has 6 nitrogen and oxygen atoms in total. The van der Waals surface area contributed by atoms with Crippen LogP contribution in [-0.4, -0.2) is 45.5 Å². The molecule has 1 amide bonds. The van der Waals surface area contributed by atoms with Crippen molar-refractivity contribution in [3.63, 3.8) is 0 Å². The molecule has 32 heavy (non-hydrogen) atoms. The van der Waals surface area contributed by atoms with Crippen LogP contribution in [0.25, 0.3) is 22.6 Å². The van der Waals surface area contributed by atoms with E-state index < -0.39 is 17.5 Å². The van der Waals surface area contributed by atoms with Gasteiger partial charge in [0.15, 0.2) is 5.65 Å². The molecule has 0 bridgehead atoms. The van der Waals surface area contributed by atoms with E-state index in [0.29, 0.717) is 19.5 Å². The number of hydrogen-bond donors (Lipinski definition) is 0. The number of carbonyl (C=O) groups is 1. The van der Waals surface area contributed by atoms with E-state index in [-0.39, 0.29) is 11.6 Å². The van der Waals surface area contributed by atoms with Crippen molar-refractivity contribution in [3.8, 4) is 17.1 Å². The van der Waals surface area contributed by atoms with Gasteiger partial charge in [-0.3, -0.25) is 4.79 Å². The van der Waals surface area contributed by atoms with Crippen molar-refractivity contribution < 1.29 is 18.3 Å². The minimum Gasteiger partial charge on any atom is -0.497 e. The standard InChI is InChI=1S/C24H20F2N4O2/c1-32-20-6-4-15(5-7-20)22-28-21-3-2-9-27-23(21)30(22)19-8-10-29(14-19)24(31)16-11-17(25)13-18(26)12-16/h2-7,9,11-13,19H,8,10,14H2,1H3/t19-/m1/s1. The Labute approximate surface area is 183 Å². The molecule has 0 saturated carbocycles. The fourth-order valence-electron chi connectivity index (χ4n) is 4.22. The summed E-state index contributed by atoms with van der Waals surface area (Å²) in [5.41, 5.74) is 2.40. The molecule has 0 aliphatic carbocycles. The van der Waals surface area contributed by atoms with E-state index in [1.54, 1.807) is 18.2 Å². The number of imidazole rings is 1. The Balaban J connectivity index is 1.50. The summed E-state index contributed by atoms with van der Waals surface area (Å²) < 4.78 is 34.5. The van der Waals surface area contributed by atoms with Crippen molar-refractivity contribution in [3.05, 3.63) is 78.0 Å². The molecule has 1 fully saturated rings. The molecule has 2 aromatic carbocycles. The van der Waals surface area contributed by atoms with Gasteiger partial charge in [-0.15, -0.1) is 0 Å². The van der Waals surface area contributed by atoms with Gasteiger partial charge in [-0.1, -0.05) is 0 Å². The van der Waals surface area contributed by atoms with Gasteiger partial charge in [0.1, 0.15) is 28.7 Å². The Morgan fingerprint density at radius 3 is 2.56 bits per heavy atom. The van der Waals surface area contributed by atoms with E-state index in [9.17, 15) is 13.6 Å². The van der Waals surface area contributed by atoms with Crippen molar-refractivity contribution >= 4 is 17.1 Å². The lowest BCUT2D eigenvalue weighted by atomic mass is 10.1. The molecule has 1 atom stereocenters. The monoisotopic (exact) mass is 434 g/mol. The average molecular weight is 434 g/mol. The number of hydrogen-bond acceptors (Lipinski definition) is 4. The topological polar surface area (TPSA) is 60.3 Å². The van der Waals surface area contributed by atoms with E-state index in [1.807, 2.05) is 36.4 Å². The molecule has 3 heterocycles. The molecule has 1 aliphatic rings. The third-order valence-electron chi connectivity index (χ3n) is 5.72. The molecule has 1 aliphatic heterocycles. The first-order valence-corrected chi connectivity index (χ1v) is 10.3. The lowest BCUT2D eigenvalue weighted by molar-refractivity contribution is 0.0787. The summed E-state index contributed by atoms with van der Waals surface area (Å²) in [5.74, 6) is -0.437. The summed E-state index contributed by atoms with van der Waals surface area (Å²) >= 11 is 0. The quantitative estimate of drug-likeness (QED) is 0.476. The molecule has 0 spiro atoms. The second-order valence-electron chi connectivity index (χ2n) is 7.73. The van der Waals surface area contributed by atoms with Crippen molar-refractivity contribution in [2.75, 3.05) is 20.2 Å². The molecule has 162 valence electrons. The lowest BCUT2D eigenvalue weighted by Gasteiger charge is -2.19. The molecule has 0 unspecified atom stereocenters. The Hall–Kier alpha value is -3.81. The van der Waals surface area contributed by atoms with Gasteiger partial charge in [0, 0.05) is 36.5 Å². The fourth-order valence-corrected chi connectivity index (χ4v) is 4.22. The Morgan fingerprint density at radius 1 is 1.09 bits per heavy atom. The average Bonchev–Trinajstić information content (AvgIpc) is 3.42. The zero-order chi connectivity index (χ0) is 22.2. The predicted molar refractivity (Wildman–Crippen MR) is 115 cm³/mol. The van der Waals surface area contributed by atoms with Crippen molar-refractivity contribution in [2.45, 2.75) is 12.5 Å². The second-order valence-corrected chi connectivity index (χ2v) is 7.73. The normalized spacial score (nSPS) is 16.0. The number of ether oxygens (including phenoxy) is 1. The highest BCUT2D eigenvalue weighted by molar-refractivity contribution is 5.94. The summed E-state index contributed by atoms with van der Waals surface area (Å²) in [6, 6.07) is 14.2. The van der Waals surface area contributed by atoms with Gasteiger partial charge in [-0.25, -0.2) is 18.7 Å². The number of rotatable bonds is 4.